The highest BCUT2D eigenvalue weighted by molar-refractivity contribution is 5.35. The van der Waals surface area contributed by atoms with Crippen LogP contribution in [0.1, 0.15) is 5.56 Å². The summed E-state index contributed by atoms with van der Waals surface area (Å²) >= 11 is 0. The van der Waals surface area contributed by atoms with Gasteiger partial charge in [0, 0.05) is 32.2 Å². The molecule has 2 aliphatic heterocycles. The van der Waals surface area contributed by atoms with Crippen molar-refractivity contribution in [3.05, 3.63) is 29.8 Å². The fourth-order valence-electron chi connectivity index (χ4n) is 2.59. The Bertz CT molecular complexity index is 361. The van der Waals surface area contributed by atoms with Gasteiger partial charge in [0.15, 0.2) is 0 Å². The monoisotopic (exact) mass is 218 g/mol. The zero-order valence-corrected chi connectivity index (χ0v) is 9.48. The zero-order valence-electron chi connectivity index (χ0n) is 9.48. The first-order valence-electron chi connectivity index (χ1n) is 6.09. The molecule has 2 heterocycles. The van der Waals surface area contributed by atoms with Gasteiger partial charge in [-0.3, -0.25) is 4.90 Å². The predicted octanol–water partition coefficient (Wildman–Crippen LogP) is 0.895. The molecular weight excluding hydrogens is 200 g/mol. The van der Waals surface area contributed by atoms with Crippen molar-refractivity contribution in [2.45, 2.75) is 12.5 Å². The highest BCUT2D eigenvalue weighted by atomic mass is 16.5. The van der Waals surface area contributed by atoms with Crippen molar-refractivity contribution in [1.29, 1.82) is 0 Å². The number of ether oxygens (including phenoxy) is 1. The average molecular weight is 218 g/mol. The summed E-state index contributed by atoms with van der Waals surface area (Å²) < 4.78 is 5.83. The van der Waals surface area contributed by atoms with Crippen LogP contribution in [0.15, 0.2) is 24.3 Å². The Hall–Kier alpha value is -1.06. The Balaban J connectivity index is 1.72. The lowest BCUT2D eigenvalue weighted by Crippen LogP contribution is -2.52. The minimum atomic E-state index is 0.567. The summed E-state index contributed by atoms with van der Waals surface area (Å²) in [6.45, 7) is 5.36. The van der Waals surface area contributed by atoms with Crippen LogP contribution < -0.4 is 10.1 Å². The van der Waals surface area contributed by atoms with Gasteiger partial charge in [0.1, 0.15) is 12.4 Å². The number of benzene rings is 1. The van der Waals surface area contributed by atoms with Crippen LogP contribution in [0.2, 0.25) is 0 Å². The van der Waals surface area contributed by atoms with Crippen molar-refractivity contribution in [3.63, 3.8) is 0 Å². The van der Waals surface area contributed by atoms with E-state index in [1.165, 1.54) is 5.56 Å². The van der Waals surface area contributed by atoms with Crippen molar-refractivity contribution in [2.24, 2.45) is 0 Å². The van der Waals surface area contributed by atoms with Crippen molar-refractivity contribution in [2.75, 3.05) is 32.8 Å². The SMILES string of the molecule is c1ccc2c(c1)CC(N1CCNCC1)CO2. The fourth-order valence-corrected chi connectivity index (χ4v) is 2.59. The molecule has 0 aromatic heterocycles. The first-order chi connectivity index (χ1) is 7.93. The second-order valence-corrected chi connectivity index (χ2v) is 4.56. The first-order valence-corrected chi connectivity index (χ1v) is 6.09. The Kier molecular flexibility index (Phi) is 2.80. The van der Waals surface area contributed by atoms with E-state index in [2.05, 4.69) is 28.4 Å². The molecule has 1 fully saturated rings. The van der Waals surface area contributed by atoms with Gasteiger partial charge in [-0.15, -0.1) is 0 Å². The van der Waals surface area contributed by atoms with Gasteiger partial charge in [-0.25, -0.2) is 0 Å². The molecule has 3 nitrogen and oxygen atoms in total. The highest BCUT2D eigenvalue weighted by Gasteiger charge is 2.25. The van der Waals surface area contributed by atoms with Gasteiger partial charge >= 0.3 is 0 Å². The number of hydrogen-bond donors (Lipinski definition) is 1. The van der Waals surface area contributed by atoms with Gasteiger partial charge in [0.05, 0.1) is 0 Å². The molecule has 3 rings (SSSR count). The summed E-state index contributed by atoms with van der Waals surface area (Å²) in [5.41, 5.74) is 1.36. The van der Waals surface area contributed by atoms with Crippen molar-refractivity contribution in [3.8, 4) is 5.75 Å². The molecule has 1 aromatic rings. The van der Waals surface area contributed by atoms with E-state index in [-0.39, 0.29) is 0 Å². The van der Waals surface area contributed by atoms with Gasteiger partial charge in [0.25, 0.3) is 0 Å². The summed E-state index contributed by atoms with van der Waals surface area (Å²) in [5, 5.41) is 3.39. The van der Waals surface area contributed by atoms with Gasteiger partial charge in [-0.1, -0.05) is 18.2 Å². The molecule has 3 heteroatoms. The standard InChI is InChI=1S/C13H18N2O/c1-2-4-13-11(3-1)9-12(10-16-13)15-7-5-14-6-8-15/h1-4,12,14H,5-10H2. The summed E-state index contributed by atoms with van der Waals surface area (Å²) in [5.74, 6) is 1.08. The molecule has 2 aliphatic rings. The predicted molar refractivity (Wildman–Crippen MR) is 63.9 cm³/mol. The molecule has 0 aliphatic carbocycles. The molecule has 0 bridgehead atoms. The Morgan fingerprint density at radius 1 is 1.19 bits per heavy atom. The zero-order chi connectivity index (χ0) is 10.8. The second kappa shape index (κ2) is 4.44. The third-order valence-corrected chi connectivity index (χ3v) is 3.53. The summed E-state index contributed by atoms with van der Waals surface area (Å²) in [6, 6.07) is 8.97. The molecule has 1 unspecified atom stereocenters. The molecule has 1 aromatic carbocycles. The van der Waals surface area contributed by atoms with Crippen molar-refractivity contribution < 1.29 is 4.74 Å². The van der Waals surface area contributed by atoms with E-state index >= 15 is 0 Å². The molecule has 0 amide bonds. The number of nitrogens with one attached hydrogen (secondary N) is 1. The van der Waals surface area contributed by atoms with Crippen molar-refractivity contribution in [1.82, 2.24) is 10.2 Å². The van der Waals surface area contributed by atoms with Crippen LogP contribution in [0, 0.1) is 0 Å². The summed E-state index contributed by atoms with van der Waals surface area (Å²) in [7, 11) is 0. The molecule has 0 saturated carbocycles. The lowest BCUT2D eigenvalue weighted by atomic mass is 10.0. The quantitative estimate of drug-likeness (QED) is 0.758. The van der Waals surface area contributed by atoms with Crippen molar-refractivity contribution >= 4 is 0 Å². The van der Waals surface area contributed by atoms with Crippen LogP contribution in [0.3, 0.4) is 0 Å². The highest BCUT2D eigenvalue weighted by Crippen LogP contribution is 2.26. The molecule has 1 atom stereocenters. The molecule has 1 saturated heterocycles. The summed E-state index contributed by atoms with van der Waals surface area (Å²) in [4.78, 5) is 2.55. The van der Waals surface area contributed by atoms with Gasteiger partial charge in [-0.2, -0.15) is 0 Å². The summed E-state index contributed by atoms with van der Waals surface area (Å²) in [6.07, 6.45) is 1.14. The van der Waals surface area contributed by atoms with Crippen LogP contribution in [-0.2, 0) is 6.42 Å². The van der Waals surface area contributed by atoms with Crippen LogP contribution >= 0.6 is 0 Å². The van der Waals surface area contributed by atoms with E-state index in [1.807, 2.05) is 6.07 Å². The van der Waals surface area contributed by atoms with E-state index < -0.39 is 0 Å². The first kappa shape index (κ1) is 10.1. The molecule has 1 N–H and O–H groups in total. The third kappa shape index (κ3) is 1.93. The van der Waals surface area contributed by atoms with E-state index in [9.17, 15) is 0 Å². The maximum Gasteiger partial charge on any atom is 0.122 e. The largest absolute Gasteiger partial charge is 0.492 e. The van der Waals surface area contributed by atoms with Gasteiger partial charge in [-0.05, 0) is 18.1 Å². The minimum absolute atomic E-state index is 0.567. The number of rotatable bonds is 1. The Labute approximate surface area is 96.4 Å². The van der Waals surface area contributed by atoms with E-state index in [0.29, 0.717) is 6.04 Å². The van der Waals surface area contributed by atoms with Gasteiger partial charge in [0.2, 0.25) is 0 Å². The minimum Gasteiger partial charge on any atom is -0.492 e. The molecule has 86 valence electrons. The lowest BCUT2D eigenvalue weighted by molar-refractivity contribution is 0.107. The molecule has 0 spiro atoms. The van der Waals surface area contributed by atoms with Gasteiger partial charge < -0.3 is 10.1 Å². The van der Waals surface area contributed by atoms with Crippen LogP contribution in [-0.4, -0.2) is 43.7 Å². The Morgan fingerprint density at radius 3 is 2.88 bits per heavy atom. The Morgan fingerprint density at radius 2 is 2.00 bits per heavy atom. The topological polar surface area (TPSA) is 24.5 Å². The normalized spacial score (nSPS) is 25.9. The number of hydrogen-bond acceptors (Lipinski definition) is 3. The fraction of sp³-hybridized carbons (Fsp3) is 0.538. The number of nitrogens with zero attached hydrogens (tertiary/aromatic N) is 1. The van der Waals surface area contributed by atoms with Crippen LogP contribution in [0.5, 0.6) is 5.75 Å². The van der Waals surface area contributed by atoms with E-state index in [4.69, 9.17) is 4.74 Å². The average Bonchev–Trinajstić information content (AvgIpc) is 2.39. The molecular formula is C13H18N2O. The smallest absolute Gasteiger partial charge is 0.122 e. The third-order valence-electron chi connectivity index (χ3n) is 3.53. The second-order valence-electron chi connectivity index (χ2n) is 4.56. The maximum absolute atomic E-state index is 5.83. The molecule has 0 radical (unpaired) electrons. The van der Waals surface area contributed by atoms with E-state index in [1.54, 1.807) is 0 Å². The van der Waals surface area contributed by atoms with Crippen LogP contribution in [0.4, 0.5) is 0 Å². The maximum atomic E-state index is 5.83. The number of piperazine rings is 1. The molecule has 16 heavy (non-hydrogen) atoms. The number of para-hydroxylation sites is 1. The van der Waals surface area contributed by atoms with E-state index in [0.717, 1.165) is 45.0 Å². The van der Waals surface area contributed by atoms with Crippen LogP contribution in [0.25, 0.3) is 0 Å². The lowest BCUT2D eigenvalue weighted by Gasteiger charge is -2.37. The number of fused-ring (bicyclic) bond motifs is 1.